The van der Waals surface area contributed by atoms with E-state index in [1.165, 1.54) is 5.56 Å². The van der Waals surface area contributed by atoms with Crippen molar-refractivity contribution in [3.05, 3.63) is 28.2 Å². The van der Waals surface area contributed by atoms with E-state index >= 15 is 0 Å². The third-order valence-corrected chi connectivity index (χ3v) is 3.65. The first kappa shape index (κ1) is 14.5. The van der Waals surface area contributed by atoms with Gasteiger partial charge < -0.3 is 10.1 Å². The van der Waals surface area contributed by atoms with Gasteiger partial charge in [0.05, 0.1) is 11.6 Å². The zero-order valence-corrected chi connectivity index (χ0v) is 12.7. The molecule has 0 bridgehead atoms. The van der Waals surface area contributed by atoms with E-state index in [0.717, 1.165) is 23.2 Å². The van der Waals surface area contributed by atoms with E-state index in [9.17, 15) is 0 Å². The maximum atomic E-state index is 5.22. The van der Waals surface area contributed by atoms with Crippen LogP contribution in [0.25, 0.3) is 0 Å². The molecule has 3 heteroatoms. The monoisotopic (exact) mass is 299 g/mol. The van der Waals surface area contributed by atoms with E-state index in [1.54, 1.807) is 7.11 Å². The van der Waals surface area contributed by atoms with Gasteiger partial charge in [0.1, 0.15) is 5.75 Å². The summed E-state index contributed by atoms with van der Waals surface area (Å²) < 4.78 is 6.23. The summed E-state index contributed by atoms with van der Waals surface area (Å²) >= 11 is 3.51. The largest absolute Gasteiger partial charge is 0.496 e. The van der Waals surface area contributed by atoms with Crippen molar-refractivity contribution < 1.29 is 4.74 Å². The number of methoxy groups -OCH3 is 1. The fourth-order valence-corrected chi connectivity index (χ4v) is 2.51. The van der Waals surface area contributed by atoms with Gasteiger partial charge in [0, 0.05) is 12.6 Å². The van der Waals surface area contributed by atoms with Gasteiger partial charge in [-0.15, -0.1) is 0 Å². The summed E-state index contributed by atoms with van der Waals surface area (Å²) in [6, 6.07) is 6.79. The summed E-state index contributed by atoms with van der Waals surface area (Å²) in [6.07, 6.45) is 1.16. The third kappa shape index (κ3) is 4.32. The molecule has 0 radical (unpaired) electrons. The molecule has 1 N–H and O–H groups in total. The fourth-order valence-electron chi connectivity index (χ4n) is 1.92. The van der Waals surface area contributed by atoms with E-state index in [-0.39, 0.29) is 0 Å². The predicted molar refractivity (Wildman–Crippen MR) is 76.5 cm³/mol. The number of ether oxygens (including phenoxy) is 1. The van der Waals surface area contributed by atoms with Gasteiger partial charge in [-0.25, -0.2) is 0 Å². The fraction of sp³-hybridized carbons (Fsp3) is 0.571. The molecule has 0 aliphatic carbocycles. The zero-order valence-electron chi connectivity index (χ0n) is 11.1. The Morgan fingerprint density at radius 2 is 2.06 bits per heavy atom. The molecule has 1 unspecified atom stereocenters. The van der Waals surface area contributed by atoms with Crippen LogP contribution in [0, 0.1) is 5.92 Å². The molecule has 0 aromatic heterocycles. The van der Waals surface area contributed by atoms with E-state index in [0.29, 0.717) is 12.0 Å². The Labute approximate surface area is 113 Å². The molecule has 1 aromatic rings. The Hall–Kier alpha value is -0.540. The van der Waals surface area contributed by atoms with Crippen LogP contribution in [0.15, 0.2) is 22.7 Å². The van der Waals surface area contributed by atoms with Gasteiger partial charge in [0.2, 0.25) is 0 Å². The summed E-state index contributed by atoms with van der Waals surface area (Å²) in [5.41, 5.74) is 1.27. The predicted octanol–water partition coefficient (Wildman–Crippen LogP) is 3.98. The molecule has 0 fully saturated rings. The third-order valence-electron chi connectivity index (χ3n) is 3.03. The normalized spacial score (nSPS) is 12.8. The minimum Gasteiger partial charge on any atom is -0.496 e. The molecule has 1 rings (SSSR count). The highest BCUT2D eigenvalue weighted by Crippen LogP contribution is 2.25. The first-order valence-electron chi connectivity index (χ1n) is 6.14. The van der Waals surface area contributed by atoms with Crippen molar-refractivity contribution in [1.82, 2.24) is 5.32 Å². The Bertz CT molecular complexity index is 352. The van der Waals surface area contributed by atoms with Crippen LogP contribution in [0.4, 0.5) is 0 Å². The first-order chi connectivity index (χ1) is 8.08. The first-order valence-corrected chi connectivity index (χ1v) is 6.93. The van der Waals surface area contributed by atoms with Gasteiger partial charge in [-0.05, 0) is 46.0 Å². The average molecular weight is 300 g/mol. The minimum absolute atomic E-state index is 0.580. The zero-order chi connectivity index (χ0) is 12.8. The van der Waals surface area contributed by atoms with Crippen LogP contribution in [0.3, 0.4) is 0 Å². The van der Waals surface area contributed by atoms with Gasteiger partial charge in [-0.3, -0.25) is 0 Å². The number of nitrogens with one attached hydrogen (secondary N) is 1. The highest BCUT2D eigenvalue weighted by atomic mass is 79.9. The smallest absolute Gasteiger partial charge is 0.133 e. The summed E-state index contributed by atoms with van der Waals surface area (Å²) in [6.45, 7) is 7.64. The van der Waals surface area contributed by atoms with E-state index < -0.39 is 0 Å². The lowest BCUT2D eigenvalue weighted by Crippen LogP contribution is -2.32. The SMILES string of the molecule is CCC(NCc1ccc(OC)c(Br)c1)C(C)C. The molecule has 0 heterocycles. The molecule has 0 saturated heterocycles. The molecule has 1 aromatic carbocycles. The van der Waals surface area contributed by atoms with Crippen molar-refractivity contribution in [1.29, 1.82) is 0 Å². The lowest BCUT2D eigenvalue weighted by atomic mass is 10.0. The van der Waals surface area contributed by atoms with Crippen LogP contribution in [0.2, 0.25) is 0 Å². The molecule has 1 atom stereocenters. The molecule has 0 amide bonds. The van der Waals surface area contributed by atoms with Gasteiger partial charge in [-0.1, -0.05) is 26.8 Å². The van der Waals surface area contributed by atoms with Crippen LogP contribution in [0.1, 0.15) is 32.8 Å². The van der Waals surface area contributed by atoms with Crippen molar-refractivity contribution in [2.45, 2.75) is 39.8 Å². The van der Waals surface area contributed by atoms with Gasteiger partial charge >= 0.3 is 0 Å². The van der Waals surface area contributed by atoms with Crippen molar-refractivity contribution in [3.8, 4) is 5.75 Å². The lowest BCUT2D eigenvalue weighted by molar-refractivity contribution is 0.387. The summed E-state index contributed by atoms with van der Waals surface area (Å²) in [5.74, 6) is 1.55. The van der Waals surface area contributed by atoms with Gasteiger partial charge in [0.25, 0.3) is 0 Å². The number of hydrogen-bond acceptors (Lipinski definition) is 2. The highest BCUT2D eigenvalue weighted by molar-refractivity contribution is 9.10. The molecule has 0 saturated carbocycles. The second-order valence-electron chi connectivity index (χ2n) is 4.61. The van der Waals surface area contributed by atoms with Crippen LogP contribution in [0.5, 0.6) is 5.75 Å². The van der Waals surface area contributed by atoms with Crippen LogP contribution < -0.4 is 10.1 Å². The van der Waals surface area contributed by atoms with Crippen LogP contribution in [-0.2, 0) is 6.54 Å². The minimum atomic E-state index is 0.580. The second-order valence-corrected chi connectivity index (χ2v) is 5.46. The Morgan fingerprint density at radius 3 is 2.53 bits per heavy atom. The highest BCUT2D eigenvalue weighted by Gasteiger charge is 2.10. The molecule has 17 heavy (non-hydrogen) atoms. The maximum absolute atomic E-state index is 5.22. The summed E-state index contributed by atoms with van der Waals surface area (Å²) in [7, 11) is 1.68. The molecule has 0 aliphatic rings. The number of benzene rings is 1. The Balaban J connectivity index is 2.60. The maximum Gasteiger partial charge on any atom is 0.133 e. The topological polar surface area (TPSA) is 21.3 Å². The van der Waals surface area contributed by atoms with Gasteiger partial charge in [0.15, 0.2) is 0 Å². The molecule has 2 nitrogen and oxygen atoms in total. The Kier molecular flexibility index (Phi) is 6.00. The lowest BCUT2D eigenvalue weighted by Gasteiger charge is -2.21. The number of hydrogen-bond donors (Lipinski definition) is 1. The quantitative estimate of drug-likeness (QED) is 0.858. The average Bonchev–Trinajstić information content (AvgIpc) is 2.29. The molecular formula is C14H22BrNO. The molecular weight excluding hydrogens is 278 g/mol. The van der Waals surface area contributed by atoms with Crippen LogP contribution in [-0.4, -0.2) is 13.2 Å². The van der Waals surface area contributed by atoms with Crippen molar-refractivity contribution >= 4 is 15.9 Å². The van der Waals surface area contributed by atoms with Gasteiger partial charge in [-0.2, -0.15) is 0 Å². The van der Waals surface area contributed by atoms with Crippen molar-refractivity contribution in [3.63, 3.8) is 0 Å². The van der Waals surface area contributed by atoms with E-state index in [1.807, 2.05) is 6.07 Å². The van der Waals surface area contributed by atoms with Crippen molar-refractivity contribution in [2.75, 3.05) is 7.11 Å². The Morgan fingerprint density at radius 1 is 1.35 bits per heavy atom. The molecule has 0 spiro atoms. The van der Waals surface area contributed by atoms with Crippen LogP contribution >= 0.6 is 15.9 Å². The van der Waals surface area contributed by atoms with E-state index in [4.69, 9.17) is 4.74 Å². The molecule has 96 valence electrons. The second kappa shape index (κ2) is 7.02. The summed E-state index contributed by atoms with van der Waals surface area (Å²) in [4.78, 5) is 0. The number of rotatable bonds is 6. The summed E-state index contributed by atoms with van der Waals surface area (Å²) in [5, 5.41) is 3.59. The molecule has 0 aliphatic heterocycles. The van der Waals surface area contributed by atoms with E-state index in [2.05, 4.69) is 54.2 Å². The van der Waals surface area contributed by atoms with Crippen molar-refractivity contribution in [2.24, 2.45) is 5.92 Å². The number of halogens is 1. The standard InChI is InChI=1S/C14H22BrNO/c1-5-13(10(2)3)16-9-11-6-7-14(17-4)12(15)8-11/h6-8,10,13,16H,5,9H2,1-4H3.